The predicted octanol–water partition coefficient (Wildman–Crippen LogP) is 5.12. The number of benzene rings is 2. The molecule has 0 radical (unpaired) electrons. The fraction of sp³-hybridized carbons (Fsp3) is 0.192. The fourth-order valence-electron chi connectivity index (χ4n) is 3.70. The lowest BCUT2D eigenvalue weighted by molar-refractivity contribution is -0.671. The molecular weight excluding hydrogens is 374 g/mol. The molecule has 0 saturated heterocycles. The van der Waals surface area contributed by atoms with Crippen LogP contribution < -0.4 is 18.8 Å². The van der Waals surface area contributed by atoms with E-state index in [2.05, 4.69) is 50.3 Å². The van der Waals surface area contributed by atoms with E-state index < -0.39 is 0 Å². The third-order valence-corrected chi connectivity index (χ3v) is 5.22. The van der Waals surface area contributed by atoms with Gasteiger partial charge in [0.25, 0.3) is 0 Å². The molecule has 0 bridgehead atoms. The van der Waals surface area contributed by atoms with Crippen LogP contribution in [-0.4, -0.2) is 14.2 Å². The first-order chi connectivity index (χ1) is 14.5. The maximum atomic E-state index is 6.38. The van der Waals surface area contributed by atoms with Crippen LogP contribution in [0.15, 0.2) is 60.9 Å². The number of hydrogen-bond acceptors (Lipinski definition) is 3. The van der Waals surface area contributed by atoms with E-state index in [0.717, 1.165) is 39.3 Å². The summed E-state index contributed by atoms with van der Waals surface area (Å²) in [6.07, 6.45) is 8.39. The Bertz CT molecular complexity index is 1160. The third-order valence-electron chi connectivity index (χ3n) is 5.22. The van der Waals surface area contributed by atoms with Crippen LogP contribution in [0.25, 0.3) is 17.4 Å². The van der Waals surface area contributed by atoms with Crippen LogP contribution in [0.1, 0.15) is 27.8 Å². The molecule has 0 fully saturated rings. The highest BCUT2D eigenvalue weighted by molar-refractivity contribution is 5.96. The van der Waals surface area contributed by atoms with Gasteiger partial charge in [0.15, 0.2) is 23.9 Å². The van der Waals surface area contributed by atoms with Gasteiger partial charge in [-0.25, -0.2) is 4.57 Å². The summed E-state index contributed by atoms with van der Waals surface area (Å²) >= 11 is 0. The lowest BCUT2D eigenvalue weighted by atomic mass is 9.94. The molecule has 4 rings (SSSR count). The maximum absolute atomic E-state index is 6.38. The van der Waals surface area contributed by atoms with Gasteiger partial charge in [-0.3, -0.25) is 0 Å². The van der Waals surface area contributed by atoms with E-state index >= 15 is 0 Å². The summed E-state index contributed by atoms with van der Waals surface area (Å²) in [7, 11) is 5.29. The minimum Gasteiger partial charge on any atom is -0.493 e. The van der Waals surface area contributed by atoms with Gasteiger partial charge in [0.1, 0.15) is 18.6 Å². The average molecular weight is 400 g/mol. The minimum atomic E-state index is 0.673. The molecule has 0 spiro atoms. The van der Waals surface area contributed by atoms with E-state index in [-0.39, 0.29) is 0 Å². The van der Waals surface area contributed by atoms with Crippen molar-refractivity contribution < 1.29 is 18.8 Å². The summed E-state index contributed by atoms with van der Waals surface area (Å²) in [5.41, 5.74) is 6.61. The van der Waals surface area contributed by atoms with Crippen LogP contribution in [0.4, 0.5) is 0 Å². The van der Waals surface area contributed by atoms with Crippen LogP contribution in [0.2, 0.25) is 0 Å². The van der Waals surface area contributed by atoms with Crippen LogP contribution >= 0.6 is 0 Å². The molecule has 2 heterocycles. The van der Waals surface area contributed by atoms with Crippen molar-refractivity contribution >= 4 is 17.4 Å². The molecule has 4 heteroatoms. The highest BCUT2D eigenvalue weighted by Gasteiger charge is 2.21. The van der Waals surface area contributed by atoms with E-state index in [0.29, 0.717) is 11.5 Å². The minimum absolute atomic E-state index is 0.673. The van der Waals surface area contributed by atoms with Gasteiger partial charge in [0.2, 0.25) is 0 Å². The van der Waals surface area contributed by atoms with Crippen molar-refractivity contribution in [1.29, 1.82) is 0 Å². The number of ether oxygens (including phenoxy) is 3. The number of rotatable bonds is 4. The van der Waals surface area contributed by atoms with Gasteiger partial charge in [-0.1, -0.05) is 6.07 Å². The Hall–Kier alpha value is -3.53. The van der Waals surface area contributed by atoms with E-state index in [1.165, 1.54) is 5.56 Å². The topological polar surface area (TPSA) is 31.6 Å². The van der Waals surface area contributed by atoms with Gasteiger partial charge in [0, 0.05) is 23.3 Å². The molecule has 0 atom stereocenters. The number of aryl methyl sites for hydroxylation is 3. The van der Waals surface area contributed by atoms with Crippen LogP contribution in [-0.2, 0) is 7.05 Å². The number of hydrogen-bond donors (Lipinski definition) is 0. The molecule has 3 aromatic rings. The molecule has 1 aliphatic heterocycles. The zero-order valence-electron chi connectivity index (χ0n) is 18.0. The second-order valence-corrected chi connectivity index (χ2v) is 7.54. The van der Waals surface area contributed by atoms with Crippen LogP contribution in [0.3, 0.4) is 0 Å². The molecule has 4 nitrogen and oxygen atoms in total. The van der Waals surface area contributed by atoms with Crippen molar-refractivity contribution in [1.82, 2.24) is 0 Å². The SMILES string of the molecule is COc1ccc(C2=CC(=Cc3cc[n+](C)cc3)c3cc(C)cc(C)c3O2)cc1OC. The van der Waals surface area contributed by atoms with Crippen molar-refractivity contribution in [3.8, 4) is 17.2 Å². The van der Waals surface area contributed by atoms with Gasteiger partial charge in [-0.15, -0.1) is 0 Å². The number of nitrogens with zero attached hydrogens (tertiary/aromatic N) is 1. The monoisotopic (exact) mass is 400 g/mol. The zero-order chi connectivity index (χ0) is 21.3. The predicted molar refractivity (Wildman–Crippen MR) is 120 cm³/mol. The average Bonchev–Trinajstić information content (AvgIpc) is 2.75. The second-order valence-electron chi connectivity index (χ2n) is 7.54. The smallest absolute Gasteiger partial charge is 0.169 e. The van der Waals surface area contributed by atoms with E-state index in [1.54, 1.807) is 14.2 Å². The number of pyridine rings is 1. The summed E-state index contributed by atoms with van der Waals surface area (Å²) in [5.74, 6) is 3.04. The quantitative estimate of drug-likeness (QED) is 0.570. The summed E-state index contributed by atoms with van der Waals surface area (Å²) in [4.78, 5) is 0. The molecule has 0 N–H and O–H groups in total. The largest absolute Gasteiger partial charge is 0.493 e. The molecule has 1 aliphatic rings. The summed E-state index contributed by atoms with van der Waals surface area (Å²) in [6, 6.07) is 14.4. The molecule has 30 heavy (non-hydrogen) atoms. The normalized spacial score (nSPS) is 14.0. The van der Waals surface area contributed by atoms with Gasteiger partial charge < -0.3 is 14.2 Å². The Morgan fingerprint density at radius 2 is 1.63 bits per heavy atom. The summed E-state index contributed by atoms with van der Waals surface area (Å²) in [6.45, 7) is 4.20. The van der Waals surface area contributed by atoms with Crippen LogP contribution in [0.5, 0.6) is 17.2 Å². The fourth-order valence-corrected chi connectivity index (χ4v) is 3.70. The Labute approximate surface area is 177 Å². The van der Waals surface area contributed by atoms with Crippen molar-refractivity contribution in [3.63, 3.8) is 0 Å². The molecule has 0 saturated carbocycles. The van der Waals surface area contributed by atoms with Gasteiger partial charge in [0.05, 0.1) is 14.2 Å². The van der Waals surface area contributed by atoms with Gasteiger partial charge in [-0.2, -0.15) is 0 Å². The molecule has 0 unspecified atom stereocenters. The highest BCUT2D eigenvalue weighted by atomic mass is 16.5. The number of allylic oxidation sites excluding steroid dienone is 2. The van der Waals surface area contributed by atoms with E-state index in [4.69, 9.17) is 14.2 Å². The molecule has 2 aromatic carbocycles. The first kappa shape index (κ1) is 19.8. The molecule has 1 aromatic heterocycles. The molecule has 152 valence electrons. The number of aromatic nitrogens is 1. The first-order valence-electron chi connectivity index (χ1n) is 9.89. The summed E-state index contributed by atoms with van der Waals surface area (Å²) in [5, 5.41) is 0. The second kappa shape index (κ2) is 8.07. The summed E-state index contributed by atoms with van der Waals surface area (Å²) < 4.78 is 19.3. The van der Waals surface area contributed by atoms with Crippen LogP contribution in [0, 0.1) is 13.8 Å². The number of fused-ring (bicyclic) bond motifs is 1. The first-order valence-corrected chi connectivity index (χ1v) is 9.89. The zero-order valence-corrected chi connectivity index (χ0v) is 18.0. The van der Waals surface area contributed by atoms with Crippen molar-refractivity contribution in [2.24, 2.45) is 7.05 Å². The van der Waals surface area contributed by atoms with Crippen molar-refractivity contribution in [2.75, 3.05) is 14.2 Å². The number of methoxy groups -OCH3 is 2. The Morgan fingerprint density at radius 3 is 2.33 bits per heavy atom. The van der Waals surface area contributed by atoms with Gasteiger partial charge >= 0.3 is 0 Å². The lowest BCUT2D eigenvalue weighted by Gasteiger charge is -2.23. The Kier molecular flexibility index (Phi) is 5.32. The standard InChI is InChI=1S/C26H26NO3/c1-17-12-18(2)26-22(13-17)21(14-19-8-10-27(3)11-9-19)16-24(30-26)20-6-7-23(28-4)25(15-20)29-5/h6-16H,1-5H3/q+1. The van der Waals surface area contributed by atoms with E-state index in [9.17, 15) is 0 Å². The van der Waals surface area contributed by atoms with Crippen molar-refractivity contribution in [3.05, 3.63) is 88.8 Å². The molecular formula is C26H26NO3+. The van der Waals surface area contributed by atoms with E-state index in [1.807, 2.05) is 42.2 Å². The Balaban J connectivity index is 1.87. The van der Waals surface area contributed by atoms with Crippen molar-refractivity contribution in [2.45, 2.75) is 13.8 Å². The maximum Gasteiger partial charge on any atom is 0.169 e. The highest BCUT2D eigenvalue weighted by Crippen LogP contribution is 2.41. The third kappa shape index (κ3) is 3.81. The molecule has 0 aliphatic carbocycles. The van der Waals surface area contributed by atoms with Gasteiger partial charge in [-0.05, 0) is 72.5 Å². The lowest BCUT2D eigenvalue weighted by Crippen LogP contribution is -2.25. The molecule has 0 amide bonds. The Morgan fingerprint density at radius 1 is 0.900 bits per heavy atom.